The SMILES string of the molecule is NC1CCCCC1.O=C(O)C(COP(=O)(O)O)OP(=O)(O)O. The van der Waals surface area contributed by atoms with Crippen molar-refractivity contribution in [3.05, 3.63) is 0 Å². The predicted molar refractivity (Wildman–Crippen MR) is 73.6 cm³/mol. The van der Waals surface area contributed by atoms with E-state index in [1.807, 2.05) is 0 Å². The summed E-state index contributed by atoms with van der Waals surface area (Å²) < 4.78 is 27.8. The number of aliphatic carboxylic acids is 1. The molecule has 1 saturated carbocycles. The van der Waals surface area contributed by atoms with E-state index < -0.39 is 34.3 Å². The number of carboxylic acid groups (broad SMARTS) is 1. The second-order valence-corrected chi connectivity index (χ2v) is 7.04. The molecular weight excluding hydrogens is 344 g/mol. The minimum Gasteiger partial charge on any atom is -0.479 e. The van der Waals surface area contributed by atoms with E-state index in [1.165, 1.54) is 32.1 Å². The molecule has 0 heterocycles. The molecule has 0 aliphatic heterocycles. The Bertz CT molecular complexity index is 426. The number of rotatable bonds is 6. The van der Waals surface area contributed by atoms with Crippen molar-refractivity contribution in [1.82, 2.24) is 0 Å². The van der Waals surface area contributed by atoms with Crippen LogP contribution in [0.5, 0.6) is 0 Å². The fraction of sp³-hybridized carbons (Fsp3) is 0.889. The molecule has 11 nitrogen and oxygen atoms in total. The Morgan fingerprint density at radius 2 is 1.59 bits per heavy atom. The Morgan fingerprint density at radius 1 is 1.09 bits per heavy atom. The van der Waals surface area contributed by atoms with Gasteiger partial charge in [-0.05, 0) is 12.8 Å². The molecule has 0 spiro atoms. The fourth-order valence-electron chi connectivity index (χ4n) is 1.61. The van der Waals surface area contributed by atoms with Crippen molar-refractivity contribution in [1.29, 1.82) is 0 Å². The molecule has 0 radical (unpaired) electrons. The summed E-state index contributed by atoms with van der Waals surface area (Å²) in [6, 6.07) is 0.536. The highest BCUT2D eigenvalue weighted by Crippen LogP contribution is 2.40. The van der Waals surface area contributed by atoms with Crippen molar-refractivity contribution in [2.75, 3.05) is 6.61 Å². The Kier molecular flexibility index (Phi) is 9.56. The molecule has 1 unspecified atom stereocenters. The number of carbonyl (C=O) groups is 1. The van der Waals surface area contributed by atoms with Crippen molar-refractivity contribution in [3.8, 4) is 0 Å². The van der Waals surface area contributed by atoms with Crippen LogP contribution < -0.4 is 5.73 Å². The van der Waals surface area contributed by atoms with Gasteiger partial charge in [0.15, 0.2) is 6.10 Å². The Morgan fingerprint density at radius 3 is 1.86 bits per heavy atom. The van der Waals surface area contributed by atoms with Gasteiger partial charge < -0.3 is 30.4 Å². The summed E-state index contributed by atoms with van der Waals surface area (Å²) in [6.07, 6.45) is 4.49. The summed E-state index contributed by atoms with van der Waals surface area (Å²) >= 11 is 0. The fourth-order valence-corrected chi connectivity index (χ4v) is 2.42. The molecule has 1 atom stereocenters. The van der Waals surface area contributed by atoms with E-state index in [2.05, 4.69) is 9.05 Å². The topological polar surface area (TPSA) is 197 Å². The van der Waals surface area contributed by atoms with Gasteiger partial charge in [-0.1, -0.05) is 19.3 Å². The first-order valence-corrected chi connectivity index (χ1v) is 9.39. The van der Waals surface area contributed by atoms with E-state index in [-0.39, 0.29) is 0 Å². The molecule has 1 fully saturated rings. The van der Waals surface area contributed by atoms with E-state index in [9.17, 15) is 13.9 Å². The van der Waals surface area contributed by atoms with Crippen LogP contribution in [-0.4, -0.2) is 49.4 Å². The molecule has 22 heavy (non-hydrogen) atoms. The van der Waals surface area contributed by atoms with Gasteiger partial charge in [-0.3, -0.25) is 9.05 Å². The number of phosphoric acid groups is 2. The minimum atomic E-state index is -5.07. The summed E-state index contributed by atoms with van der Waals surface area (Å²) in [7, 11) is -9.99. The van der Waals surface area contributed by atoms with E-state index >= 15 is 0 Å². The zero-order valence-corrected chi connectivity index (χ0v) is 13.4. The summed E-state index contributed by atoms with van der Waals surface area (Å²) in [6.45, 7) is -1.19. The first-order valence-electron chi connectivity index (χ1n) is 6.33. The molecule has 1 aliphatic carbocycles. The number of hydrogen-bond donors (Lipinski definition) is 6. The van der Waals surface area contributed by atoms with Gasteiger partial charge in [0.1, 0.15) is 0 Å². The number of nitrogens with two attached hydrogens (primary N) is 1. The van der Waals surface area contributed by atoms with E-state index in [1.54, 1.807) is 0 Å². The maximum Gasteiger partial charge on any atom is 0.470 e. The zero-order valence-electron chi connectivity index (χ0n) is 11.6. The van der Waals surface area contributed by atoms with Crippen LogP contribution >= 0.6 is 15.6 Å². The van der Waals surface area contributed by atoms with Gasteiger partial charge in [0.25, 0.3) is 0 Å². The number of phosphoric ester groups is 2. The second kappa shape index (κ2) is 9.71. The molecule has 7 N–H and O–H groups in total. The molecule has 132 valence electrons. The maximum atomic E-state index is 10.3. The number of carboxylic acids is 1. The third kappa shape index (κ3) is 13.3. The van der Waals surface area contributed by atoms with Gasteiger partial charge in [0.05, 0.1) is 6.61 Å². The first kappa shape index (κ1) is 21.6. The predicted octanol–water partition coefficient (Wildman–Crippen LogP) is -0.0640. The van der Waals surface area contributed by atoms with Gasteiger partial charge in [0.2, 0.25) is 0 Å². The lowest BCUT2D eigenvalue weighted by Gasteiger charge is -2.15. The minimum absolute atomic E-state index is 0.536. The van der Waals surface area contributed by atoms with Gasteiger partial charge in [-0.25, -0.2) is 13.9 Å². The summed E-state index contributed by atoms with van der Waals surface area (Å²) in [5, 5.41) is 8.33. The van der Waals surface area contributed by atoms with Crippen LogP contribution in [0.1, 0.15) is 32.1 Å². The highest BCUT2D eigenvalue weighted by molar-refractivity contribution is 7.46. The lowest BCUT2D eigenvalue weighted by molar-refractivity contribution is -0.147. The standard InChI is InChI=1S/C6H13N.C3H8O10P2/c7-6-4-2-1-3-5-6;4-3(5)2(13-15(9,10)11)1-12-14(6,7)8/h6H,1-5,7H2;2H,1H2,(H,4,5)(H2,6,7,8)(H2,9,10,11). The molecule has 1 aliphatic rings. The number of hydrogen-bond acceptors (Lipinski definition) is 6. The summed E-state index contributed by atoms with van der Waals surface area (Å²) in [5.41, 5.74) is 5.63. The summed E-state index contributed by atoms with van der Waals surface area (Å²) in [5.74, 6) is -1.83. The van der Waals surface area contributed by atoms with Crippen LogP contribution in [0.2, 0.25) is 0 Å². The molecule has 13 heteroatoms. The van der Waals surface area contributed by atoms with E-state index in [0.29, 0.717) is 6.04 Å². The third-order valence-electron chi connectivity index (χ3n) is 2.58. The molecule has 0 saturated heterocycles. The van der Waals surface area contributed by atoms with Crippen LogP contribution in [0.15, 0.2) is 0 Å². The lowest BCUT2D eigenvalue weighted by atomic mass is 9.97. The Balaban J connectivity index is 0.000000518. The molecule has 0 amide bonds. The first-order chi connectivity index (χ1) is 9.91. The van der Waals surface area contributed by atoms with Gasteiger partial charge >= 0.3 is 21.6 Å². The van der Waals surface area contributed by atoms with Gasteiger partial charge in [-0.2, -0.15) is 0 Å². The largest absolute Gasteiger partial charge is 0.479 e. The molecule has 0 aromatic rings. The van der Waals surface area contributed by atoms with Crippen LogP contribution in [0, 0.1) is 0 Å². The Labute approximate surface area is 126 Å². The summed E-state index contributed by atoms with van der Waals surface area (Å²) in [4.78, 5) is 43.2. The lowest BCUT2D eigenvalue weighted by Crippen LogP contribution is -2.27. The van der Waals surface area contributed by atoms with Crippen LogP contribution in [0.25, 0.3) is 0 Å². The van der Waals surface area contributed by atoms with Crippen molar-refractivity contribution >= 4 is 21.6 Å². The third-order valence-corrected chi connectivity index (χ3v) is 3.60. The van der Waals surface area contributed by atoms with Gasteiger partial charge in [-0.15, -0.1) is 0 Å². The second-order valence-electron chi connectivity index (χ2n) is 4.61. The van der Waals surface area contributed by atoms with Crippen LogP contribution in [-0.2, 0) is 23.0 Å². The molecule has 0 bridgehead atoms. The molecule has 1 rings (SSSR count). The monoisotopic (exact) mass is 365 g/mol. The molecular formula is C9H21NO10P2. The Hall–Kier alpha value is -0.350. The highest BCUT2D eigenvalue weighted by atomic mass is 31.2. The smallest absolute Gasteiger partial charge is 0.470 e. The van der Waals surface area contributed by atoms with Crippen LogP contribution in [0.4, 0.5) is 0 Å². The van der Waals surface area contributed by atoms with Gasteiger partial charge in [0, 0.05) is 6.04 Å². The van der Waals surface area contributed by atoms with Crippen LogP contribution in [0.3, 0.4) is 0 Å². The van der Waals surface area contributed by atoms with E-state index in [0.717, 1.165) is 0 Å². The zero-order chi connectivity index (χ0) is 17.4. The maximum absolute atomic E-state index is 10.3. The average Bonchev–Trinajstić information content (AvgIpc) is 2.33. The van der Waals surface area contributed by atoms with Crippen molar-refractivity contribution in [2.24, 2.45) is 5.73 Å². The average molecular weight is 365 g/mol. The van der Waals surface area contributed by atoms with Crippen molar-refractivity contribution < 1.29 is 47.7 Å². The quantitative estimate of drug-likeness (QED) is 0.345. The normalized spacial score (nSPS) is 18.2. The molecule has 0 aromatic heterocycles. The van der Waals surface area contributed by atoms with E-state index in [4.69, 9.17) is 30.4 Å². The van der Waals surface area contributed by atoms with Crippen molar-refractivity contribution in [3.63, 3.8) is 0 Å². The highest BCUT2D eigenvalue weighted by Gasteiger charge is 2.30. The van der Waals surface area contributed by atoms with Crippen molar-refractivity contribution in [2.45, 2.75) is 44.2 Å². The molecule has 0 aromatic carbocycles.